The summed E-state index contributed by atoms with van der Waals surface area (Å²) in [5, 5.41) is 3.40. The van der Waals surface area contributed by atoms with Gasteiger partial charge in [0.15, 0.2) is 0 Å². The van der Waals surface area contributed by atoms with Gasteiger partial charge in [-0.2, -0.15) is 0 Å². The molecule has 0 aromatic heterocycles. The third-order valence-corrected chi connectivity index (χ3v) is 2.03. The maximum absolute atomic E-state index is 5.19. The largest absolute Gasteiger partial charge is 0.312 e. The molecule has 0 amide bonds. The fourth-order valence-electron chi connectivity index (χ4n) is 1.44. The first kappa shape index (κ1) is 8.58. The van der Waals surface area contributed by atoms with E-state index < -0.39 is 0 Å². The quantitative estimate of drug-likeness (QED) is 0.573. The van der Waals surface area contributed by atoms with Crippen molar-refractivity contribution in [2.45, 2.75) is 19.4 Å². The predicted octanol–water partition coefficient (Wildman–Crippen LogP) is 0.303. The van der Waals surface area contributed by atoms with E-state index in [0.29, 0.717) is 6.04 Å². The Labute approximate surface area is 69.0 Å². The van der Waals surface area contributed by atoms with E-state index in [1.165, 1.54) is 0 Å². The highest BCUT2D eigenvalue weighted by atomic mass is 15.2. The van der Waals surface area contributed by atoms with Crippen LogP contribution in [0.15, 0.2) is 0 Å². The lowest BCUT2D eigenvalue weighted by Gasteiger charge is -2.31. The van der Waals surface area contributed by atoms with Crippen molar-refractivity contribution in [3.63, 3.8) is 0 Å². The average molecular weight is 152 g/mol. The third-order valence-electron chi connectivity index (χ3n) is 2.03. The van der Waals surface area contributed by atoms with Gasteiger partial charge in [-0.25, -0.2) is 0 Å². The van der Waals surface area contributed by atoms with Gasteiger partial charge in [-0.05, 0) is 6.92 Å². The van der Waals surface area contributed by atoms with Crippen LogP contribution in [-0.2, 0) is 0 Å². The highest BCUT2D eigenvalue weighted by molar-refractivity contribution is 4.86. The van der Waals surface area contributed by atoms with Crippen LogP contribution < -0.4 is 5.32 Å². The van der Waals surface area contributed by atoms with Gasteiger partial charge in [0.2, 0.25) is 0 Å². The highest BCUT2D eigenvalue weighted by Crippen LogP contribution is 1.98. The van der Waals surface area contributed by atoms with Crippen LogP contribution in [-0.4, -0.2) is 37.1 Å². The number of hydrogen-bond acceptors (Lipinski definition) is 2. The van der Waals surface area contributed by atoms with Crippen molar-refractivity contribution in [1.29, 1.82) is 0 Å². The van der Waals surface area contributed by atoms with Gasteiger partial charge in [-0.15, -0.1) is 12.3 Å². The number of piperazine rings is 1. The molecular weight excluding hydrogens is 136 g/mol. The summed E-state index contributed by atoms with van der Waals surface area (Å²) >= 11 is 0. The maximum Gasteiger partial charge on any atom is 0.0214 e. The molecule has 62 valence electrons. The molecule has 1 unspecified atom stereocenters. The smallest absolute Gasteiger partial charge is 0.0214 e. The van der Waals surface area contributed by atoms with Gasteiger partial charge in [0.1, 0.15) is 0 Å². The van der Waals surface area contributed by atoms with Crippen LogP contribution in [0.5, 0.6) is 0 Å². The summed E-state index contributed by atoms with van der Waals surface area (Å²) in [7, 11) is 0. The lowest BCUT2D eigenvalue weighted by atomic mass is 10.2. The van der Waals surface area contributed by atoms with Gasteiger partial charge in [-0.3, -0.25) is 4.90 Å². The number of nitrogens with one attached hydrogen (secondary N) is 1. The second-order valence-corrected chi connectivity index (χ2v) is 3.11. The molecule has 0 spiro atoms. The summed E-state index contributed by atoms with van der Waals surface area (Å²) in [6.07, 6.45) is 6.07. The summed E-state index contributed by atoms with van der Waals surface area (Å²) in [5.41, 5.74) is 0. The zero-order valence-electron chi connectivity index (χ0n) is 7.14. The zero-order chi connectivity index (χ0) is 8.10. The second kappa shape index (κ2) is 4.38. The predicted molar refractivity (Wildman–Crippen MR) is 47.4 cm³/mol. The summed E-state index contributed by atoms with van der Waals surface area (Å²) in [6.45, 7) is 6.66. The Morgan fingerprint density at radius 1 is 1.73 bits per heavy atom. The summed E-state index contributed by atoms with van der Waals surface area (Å²) in [4.78, 5) is 2.42. The summed E-state index contributed by atoms with van der Waals surface area (Å²) in [6, 6.07) is 0.626. The molecule has 0 bridgehead atoms. The number of nitrogens with zero attached hydrogens (tertiary/aromatic N) is 1. The Kier molecular flexibility index (Phi) is 3.41. The fraction of sp³-hybridized carbons (Fsp3) is 0.778. The van der Waals surface area contributed by atoms with E-state index in [1.807, 2.05) is 0 Å². The van der Waals surface area contributed by atoms with Crippen LogP contribution >= 0.6 is 0 Å². The molecule has 2 heteroatoms. The molecule has 1 fully saturated rings. The van der Waals surface area contributed by atoms with E-state index in [9.17, 15) is 0 Å². The van der Waals surface area contributed by atoms with E-state index >= 15 is 0 Å². The molecule has 0 aromatic rings. The lowest BCUT2D eigenvalue weighted by Crippen LogP contribution is -2.49. The number of terminal acetylenes is 1. The molecule has 1 rings (SSSR count). The minimum absolute atomic E-state index is 0.626. The summed E-state index contributed by atoms with van der Waals surface area (Å²) < 4.78 is 0. The van der Waals surface area contributed by atoms with Gasteiger partial charge in [0.25, 0.3) is 0 Å². The molecule has 1 heterocycles. The zero-order valence-corrected chi connectivity index (χ0v) is 7.14. The Morgan fingerprint density at radius 2 is 2.55 bits per heavy atom. The molecule has 11 heavy (non-hydrogen) atoms. The van der Waals surface area contributed by atoms with Crippen LogP contribution in [0.3, 0.4) is 0 Å². The molecular formula is C9H16N2. The molecule has 0 radical (unpaired) electrons. The molecule has 1 saturated heterocycles. The molecule has 1 aliphatic heterocycles. The highest BCUT2D eigenvalue weighted by Gasteiger charge is 2.13. The summed E-state index contributed by atoms with van der Waals surface area (Å²) in [5.74, 6) is 2.67. The topological polar surface area (TPSA) is 15.3 Å². The van der Waals surface area contributed by atoms with E-state index in [-0.39, 0.29) is 0 Å². The Balaban J connectivity index is 2.18. The minimum Gasteiger partial charge on any atom is -0.312 e. The van der Waals surface area contributed by atoms with E-state index in [0.717, 1.165) is 32.6 Å². The van der Waals surface area contributed by atoms with Crippen LogP contribution in [0.2, 0.25) is 0 Å². The van der Waals surface area contributed by atoms with Crippen LogP contribution in [0.1, 0.15) is 13.3 Å². The Bertz CT molecular complexity index is 148. The van der Waals surface area contributed by atoms with E-state index in [4.69, 9.17) is 6.42 Å². The van der Waals surface area contributed by atoms with Crippen molar-refractivity contribution in [1.82, 2.24) is 10.2 Å². The molecule has 0 saturated carbocycles. The molecule has 1 aliphatic rings. The van der Waals surface area contributed by atoms with Gasteiger partial charge >= 0.3 is 0 Å². The molecule has 1 N–H and O–H groups in total. The monoisotopic (exact) mass is 152 g/mol. The first-order valence-electron chi connectivity index (χ1n) is 4.22. The van der Waals surface area contributed by atoms with Crippen LogP contribution in [0, 0.1) is 12.3 Å². The van der Waals surface area contributed by atoms with Crippen molar-refractivity contribution < 1.29 is 0 Å². The number of hydrogen-bond donors (Lipinski definition) is 1. The lowest BCUT2D eigenvalue weighted by molar-refractivity contribution is 0.211. The third kappa shape index (κ3) is 2.92. The van der Waals surface area contributed by atoms with Gasteiger partial charge in [0, 0.05) is 38.6 Å². The van der Waals surface area contributed by atoms with E-state index in [2.05, 4.69) is 23.1 Å². The molecule has 1 atom stereocenters. The molecule has 2 nitrogen and oxygen atoms in total. The average Bonchev–Trinajstić information content (AvgIpc) is 2.01. The fourth-order valence-corrected chi connectivity index (χ4v) is 1.44. The van der Waals surface area contributed by atoms with Gasteiger partial charge in [-0.1, -0.05) is 0 Å². The van der Waals surface area contributed by atoms with Crippen molar-refractivity contribution in [3.05, 3.63) is 0 Å². The van der Waals surface area contributed by atoms with E-state index in [1.54, 1.807) is 0 Å². The Hall–Kier alpha value is -0.520. The van der Waals surface area contributed by atoms with Crippen molar-refractivity contribution in [3.8, 4) is 12.3 Å². The minimum atomic E-state index is 0.626. The van der Waals surface area contributed by atoms with Crippen LogP contribution in [0.25, 0.3) is 0 Å². The van der Waals surface area contributed by atoms with Gasteiger partial charge in [0.05, 0.1) is 0 Å². The SMILES string of the molecule is C#CCCN1CCNC(C)C1. The normalized spacial score (nSPS) is 26.4. The molecule has 0 aromatic carbocycles. The standard InChI is InChI=1S/C9H16N2/c1-3-4-6-11-7-5-10-9(2)8-11/h1,9-10H,4-8H2,2H3. The molecule has 0 aliphatic carbocycles. The second-order valence-electron chi connectivity index (χ2n) is 3.11. The van der Waals surface area contributed by atoms with Crippen molar-refractivity contribution in [2.75, 3.05) is 26.2 Å². The Morgan fingerprint density at radius 3 is 3.18 bits per heavy atom. The van der Waals surface area contributed by atoms with Crippen molar-refractivity contribution in [2.24, 2.45) is 0 Å². The first-order chi connectivity index (χ1) is 5.33. The van der Waals surface area contributed by atoms with Gasteiger partial charge < -0.3 is 5.32 Å². The maximum atomic E-state index is 5.19. The van der Waals surface area contributed by atoms with Crippen molar-refractivity contribution >= 4 is 0 Å². The first-order valence-corrected chi connectivity index (χ1v) is 4.22. The number of rotatable bonds is 2. The van der Waals surface area contributed by atoms with Crippen LogP contribution in [0.4, 0.5) is 0 Å².